The molecule has 2 atom stereocenters. The van der Waals surface area contributed by atoms with Gasteiger partial charge in [-0.05, 0) is 40.8 Å². The minimum atomic E-state index is 0.0673. The van der Waals surface area contributed by atoms with Crippen molar-refractivity contribution in [2.75, 3.05) is 0 Å². The molecule has 0 amide bonds. The lowest BCUT2D eigenvalue weighted by Gasteiger charge is -2.27. The van der Waals surface area contributed by atoms with Crippen molar-refractivity contribution < 1.29 is 0 Å². The van der Waals surface area contributed by atoms with Crippen molar-refractivity contribution in [3.63, 3.8) is 0 Å². The summed E-state index contributed by atoms with van der Waals surface area (Å²) < 4.78 is 1.13. The van der Waals surface area contributed by atoms with Crippen LogP contribution in [0.3, 0.4) is 0 Å². The van der Waals surface area contributed by atoms with Gasteiger partial charge >= 0.3 is 0 Å². The van der Waals surface area contributed by atoms with Crippen LogP contribution in [0.4, 0.5) is 0 Å². The highest BCUT2D eigenvalue weighted by atomic mass is 79.9. The smallest absolute Gasteiger partial charge is 0.0186 e. The summed E-state index contributed by atoms with van der Waals surface area (Å²) in [5.41, 5.74) is 5.82. The van der Waals surface area contributed by atoms with Gasteiger partial charge in [0, 0.05) is 15.8 Å². The second kappa shape index (κ2) is 5.65. The summed E-state index contributed by atoms with van der Waals surface area (Å²) >= 11 is 3.55. The first-order chi connectivity index (χ1) is 11.2. The Kier molecular flexibility index (Phi) is 3.61. The summed E-state index contributed by atoms with van der Waals surface area (Å²) in [6.07, 6.45) is 1.12. The van der Waals surface area contributed by atoms with Crippen molar-refractivity contribution in [2.24, 2.45) is 0 Å². The molecule has 23 heavy (non-hydrogen) atoms. The predicted molar refractivity (Wildman–Crippen MR) is 99.9 cm³/mol. The first kappa shape index (κ1) is 14.7. The van der Waals surface area contributed by atoms with Crippen LogP contribution < -0.4 is 0 Å². The van der Waals surface area contributed by atoms with Gasteiger partial charge in [0.15, 0.2) is 0 Å². The second-order valence-electron chi connectivity index (χ2n) is 6.59. The molecule has 3 aromatic carbocycles. The Balaban J connectivity index is 1.86. The molecule has 0 bridgehead atoms. The molecule has 1 aliphatic carbocycles. The average molecular weight is 363 g/mol. The highest BCUT2D eigenvalue weighted by Crippen LogP contribution is 2.52. The van der Waals surface area contributed by atoms with Crippen LogP contribution in [0.25, 0.3) is 0 Å². The van der Waals surface area contributed by atoms with Crippen molar-refractivity contribution in [1.29, 1.82) is 0 Å². The van der Waals surface area contributed by atoms with Crippen LogP contribution in [0.5, 0.6) is 0 Å². The van der Waals surface area contributed by atoms with E-state index in [1.165, 1.54) is 22.3 Å². The van der Waals surface area contributed by atoms with E-state index in [2.05, 4.69) is 102 Å². The molecule has 1 aliphatic rings. The van der Waals surface area contributed by atoms with Crippen LogP contribution in [-0.4, -0.2) is 0 Å². The fourth-order valence-corrected chi connectivity index (χ4v) is 4.27. The number of halogens is 1. The quantitative estimate of drug-likeness (QED) is 0.502. The van der Waals surface area contributed by atoms with Crippen molar-refractivity contribution in [3.8, 4) is 0 Å². The molecule has 0 spiro atoms. The maximum Gasteiger partial charge on any atom is 0.0186 e. The lowest BCUT2D eigenvalue weighted by molar-refractivity contribution is 0.538. The zero-order chi connectivity index (χ0) is 15.9. The van der Waals surface area contributed by atoms with Gasteiger partial charge in [0.2, 0.25) is 0 Å². The Hall–Kier alpha value is -1.86. The Morgan fingerprint density at radius 1 is 0.826 bits per heavy atom. The van der Waals surface area contributed by atoms with Crippen molar-refractivity contribution in [3.05, 3.63) is 106 Å². The molecule has 0 saturated carbocycles. The molecule has 2 unspecified atom stereocenters. The molecule has 114 valence electrons. The van der Waals surface area contributed by atoms with E-state index in [4.69, 9.17) is 0 Å². The third-order valence-electron chi connectivity index (χ3n) is 5.23. The van der Waals surface area contributed by atoms with E-state index in [9.17, 15) is 0 Å². The monoisotopic (exact) mass is 362 g/mol. The van der Waals surface area contributed by atoms with Gasteiger partial charge in [-0.2, -0.15) is 0 Å². The first-order valence-corrected chi connectivity index (χ1v) is 8.88. The first-order valence-electron chi connectivity index (χ1n) is 8.09. The minimum absolute atomic E-state index is 0.0673. The molecule has 0 saturated heterocycles. The van der Waals surface area contributed by atoms with Gasteiger partial charge in [-0.25, -0.2) is 0 Å². The van der Waals surface area contributed by atoms with Gasteiger partial charge < -0.3 is 0 Å². The van der Waals surface area contributed by atoms with E-state index in [-0.39, 0.29) is 5.41 Å². The van der Waals surface area contributed by atoms with E-state index in [1.807, 2.05) is 0 Å². The molecule has 0 radical (unpaired) electrons. The van der Waals surface area contributed by atoms with Crippen molar-refractivity contribution >= 4 is 15.9 Å². The van der Waals surface area contributed by atoms with Gasteiger partial charge in [-0.1, -0.05) is 89.6 Å². The largest absolute Gasteiger partial charge is 0.0622 e. The Morgan fingerprint density at radius 3 is 2.22 bits per heavy atom. The Morgan fingerprint density at radius 2 is 1.48 bits per heavy atom. The summed E-state index contributed by atoms with van der Waals surface area (Å²) in [7, 11) is 0. The lowest BCUT2D eigenvalue weighted by atomic mass is 9.76. The number of hydrogen-bond acceptors (Lipinski definition) is 0. The summed E-state index contributed by atoms with van der Waals surface area (Å²) in [6, 6.07) is 28.7. The number of benzene rings is 3. The van der Waals surface area contributed by atoms with Crippen LogP contribution in [-0.2, 0) is 5.41 Å². The second-order valence-corrected chi connectivity index (χ2v) is 7.51. The predicted octanol–water partition coefficient (Wildman–Crippen LogP) is 6.29. The Labute approximate surface area is 146 Å². The standard InChI is InChI=1S/C22H19Br/c1-22(17-11-13-18(23)14-12-17)15-20(16-7-3-2-4-8-16)19-9-5-6-10-21(19)22/h2-14,20H,15H2,1H3. The molecular weight excluding hydrogens is 344 g/mol. The summed E-state index contributed by atoms with van der Waals surface area (Å²) in [4.78, 5) is 0. The topological polar surface area (TPSA) is 0 Å². The maximum absolute atomic E-state index is 3.55. The highest BCUT2D eigenvalue weighted by molar-refractivity contribution is 9.10. The van der Waals surface area contributed by atoms with Gasteiger partial charge in [0.25, 0.3) is 0 Å². The minimum Gasteiger partial charge on any atom is -0.0622 e. The van der Waals surface area contributed by atoms with Crippen LogP contribution >= 0.6 is 15.9 Å². The summed E-state index contributed by atoms with van der Waals surface area (Å²) in [5.74, 6) is 0.473. The van der Waals surface area contributed by atoms with Crippen LogP contribution in [0.2, 0.25) is 0 Å². The molecule has 0 fully saturated rings. The van der Waals surface area contributed by atoms with Gasteiger partial charge in [0.05, 0.1) is 0 Å². The van der Waals surface area contributed by atoms with Gasteiger partial charge in [0.1, 0.15) is 0 Å². The normalized spacial score (nSPS) is 22.8. The summed E-state index contributed by atoms with van der Waals surface area (Å²) in [5, 5.41) is 0. The van der Waals surface area contributed by atoms with E-state index < -0.39 is 0 Å². The molecule has 0 nitrogen and oxygen atoms in total. The zero-order valence-electron chi connectivity index (χ0n) is 13.2. The summed E-state index contributed by atoms with van der Waals surface area (Å²) in [6.45, 7) is 2.39. The van der Waals surface area contributed by atoms with Crippen molar-refractivity contribution in [2.45, 2.75) is 24.7 Å². The fraction of sp³-hybridized carbons (Fsp3) is 0.182. The zero-order valence-corrected chi connectivity index (χ0v) is 14.8. The molecule has 3 aromatic rings. The molecule has 1 heteroatoms. The molecule has 0 N–H and O–H groups in total. The third-order valence-corrected chi connectivity index (χ3v) is 5.76. The van der Waals surface area contributed by atoms with Crippen LogP contribution in [0.1, 0.15) is 41.5 Å². The maximum atomic E-state index is 3.55. The van der Waals surface area contributed by atoms with Gasteiger partial charge in [-0.3, -0.25) is 0 Å². The average Bonchev–Trinajstić information content (AvgIpc) is 2.91. The third kappa shape index (κ3) is 2.44. The lowest BCUT2D eigenvalue weighted by Crippen LogP contribution is -2.20. The highest BCUT2D eigenvalue weighted by Gasteiger charge is 2.41. The number of fused-ring (bicyclic) bond motifs is 1. The molecular formula is C22H19Br. The van der Waals surface area contributed by atoms with E-state index >= 15 is 0 Å². The SMILES string of the molecule is CC1(c2ccc(Br)cc2)CC(c2ccccc2)c2ccccc21. The molecule has 0 heterocycles. The number of rotatable bonds is 2. The van der Waals surface area contributed by atoms with Crippen LogP contribution in [0.15, 0.2) is 83.3 Å². The number of hydrogen-bond donors (Lipinski definition) is 0. The van der Waals surface area contributed by atoms with E-state index in [0.717, 1.165) is 10.9 Å². The molecule has 0 aromatic heterocycles. The van der Waals surface area contributed by atoms with Gasteiger partial charge in [-0.15, -0.1) is 0 Å². The fourth-order valence-electron chi connectivity index (χ4n) is 4.01. The molecule has 4 rings (SSSR count). The van der Waals surface area contributed by atoms with E-state index in [1.54, 1.807) is 0 Å². The molecule has 0 aliphatic heterocycles. The van der Waals surface area contributed by atoms with E-state index in [0.29, 0.717) is 5.92 Å². The Bertz CT molecular complexity index is 820. The van der Waals surface area contributed by atoms with Crippen LogP contribution in [0, 0.1) is 0 Å². The van der Waals surface area contributed by atoms with Crippen molar-refractivity contribution in [1.82, 2.24) is 0 Å².